The number of Topliss-reactive ketones (excluding diaryl/α,β-unsaturated/α-hetero) is 1. The number of ether oxygens (including phenoxy) is 1. The maximum absolute atomic E-state index is 12.3. The van der Waals surface area contributed by atoms with Gasteiger partial charge in [0.15, 0.2) is 11.9 Å². The highest BCUT2D eigenvalue weighted by molar-refractivity contribution is 6.01. The maximum Gasteiger partial charge on any atom is 0.307 e. The number of allylic oxidation sites excluding steroid dienone is 3. The van der Waals surface area contributed by atoms with Crippen molar-refractivity contribution in [1.29, 1.82) is 0 Å². The number of carbonyl (C=O) groups excluding carboxylic acids is 2. The largest absolute Gasteiger partial charge is 0.481 e. The maximum atomic E-state index is 12.3. The number of aliphatic carboxylic acids is 1. The molecule has 5 nitrogen and oxygen atoms in total. The number of rotatable bonds is 5. The van der Waals surface area contributed by atoms with Crippen molar-refractivity contribution < 1.29 is 24.2 Å². The Hall–Kier alpha value is -1.91. The smallest absolute Gasteiger partial charge is 0.307 e. The van der Waals surface area contributed by atoms with Gasteiger partial charge in [-0.25, -0.2) is 0 Å². The zero-order chi connectivity index (χ0) is 16.2. The third-order valence-electron chi connectivity index (χ3n) is 3.64. The molecule has 1 unspecified atom stereocenters. The van der Waals surface area contributed by atoms with E-state index in [2.05, 4.69) is 0 Å². The summed E-state index contributed by atoms with van der Waals surface area (Å²) in [6, 6.07) is 0. The SMILES string of the molecule is CC=CC1=C(C)C(=O)C(OC(=O)CCC(=O)O)CC1(C)C. The minimum absolute atomic E-state index is 0.203. The van der Waals surface area contributed by atoms with E-state index >= 15 is 0 Å². The molecule has 1 rings (SSSR count). The van der Waals surface area contributed by atoms with Crippen LogP contribution in [0.2, 0.25) is 0 Å². The van der Waals surface area contributed by atoms with E-state index in [4.69, 9.17) is 9.84 Å². The van der Waals surface area contributed by atoms with E-state index in [-0.39, 0.29) is 24.0 Å². The van der Waals surface area contributed by atoms with Crippen LogP contribution in [-0.4, -0.2) is 28.9 Å². The number of esters is 1. The van der Waals surface area contributed by atoms with Gasteiger partial charge in [0.25, 0.3) is 0 Å². The molecule has 0 fully saturated rings. The second kappa shape index (κ2) is 6.70. The van der Waals surface area contributed by atoms with E-state index in [1.54, 1.807) is 6.92 Å². The Morgan fingerprint density at radius 1 is 1.38 bits per heavy atom. The highest BCUT2D eigenvalue weighted by Gasteiger charge is 2.39. The molecule has 0 spiro atoms. The Bertz CT molecular complexity index is 511. The lowest BCUT2D eigenvalue weighted by molar-refractivity contribution is -0.157. The zero-order valence-corrected chi connectivity index (χ0v) is 12.9. The first-order valence-electron chi connectivity index (χ1n) is 6.98. The summed E-state index contributed by atoms with van der Waals surface area (Å²) in [5.41, 5.74) is 1.27. The summed E-state index contributed by atoms with van der Waals surface area (Å²) in [4.78, 5) is 34.3. The topological polar surface area (TPSA) is 80.7 Å². The number of carbonyl (C=O) groups is 3. The fraction of sp³-hybridized carbons (Fsp3) is 0.562. The minimum atomic E-state index is -1.06. The molecular weight excluding hydrogens is 272 g/mol. The van der Waals surface area contributed by atoms with Gasteiger partial charge in [0.2, 0.25) is 0 Å². The third-order valence-corrected chi connectivity index (χ3v) is 3.64. The Balaban J connectivity index is 2.87. The van der Waals surface area contributed by atoms with E-state index in [0.717, 1.165) is 5.57 Å². The summed E-state index contributed by atoms with van der Waals surface area (Å²) < 4.78 is 5.18. The molecule has 21 heavy (non-hydrogen) atoms. The molecule has 1 atom stereocenters. The van der Waals surface area contributed by atoms with Crippen LogP contribution in [0.3, 0.4) is 0 Å². The molecule has 0 radical (unpaired) electrons. The highest BCUT2D eigenvalue weighted by atomic mass is 16.5. The van der Waals surface area contributed by atoms with Gasteiger partial charge in [-0.15, -0.1) is 0 Å². The first kappa shape index (κ1) is 17.1. The molecule has 116 valence electrons. The van der Waals surface area contributed by atoms with Gasteiger partial charge in [-0.1, -0.05) is 26.0 Å². The van der Waals surface area contributed by atoms with Crippen LogP contribution in [-0.2, 0) is 19.1 Å². The van der Waals surface area contributed by atoms with Crippen molar-refractivity contribution in [3.8, 4) is 0 Å². The second-order valence-corrected chi connectivity index (χ2v) is 5.86. The van der Waals surface area contributed by atoms with E-state index in [1.807, 2.05) is 32.9 Å². The molecule has 0 aromatic rings. The van der Waals surface area contributed by atoms with Gasteiger partial charge in [-0.05, 0) is 30.4 Å². The third kappa shape index (κ3) is 4.28. The van der Waals surface area contributed by atoms with Crippen LogP contribution < -0.4 is 0 Å². The predicted octanol–water partition coefficient (Wildman–Crippen LogP) is 2.65. The lowest BCUT2D eigenvalue weighted by Crippen LogP contribution is -2.39. The van der Waals surface area contributed by atoms with E-state index in [9.17, 15) is 14.4 Å². The van der Waals surface area contributed by atoms with Gasteiger partial charge in [-0.2, -0.15) is 0 Å². The normalized spacial score (nSPS) is 21.7. The molecule has 0 bridgehead atoms. The quantitative estimate of drug-likeness (QED) is 0.788. The molecule has 0 aliphatic heterocycles. The lowest BCUT2D eigenvalue weighted by atomic mass is 9.71. The molecule has 1 N–H and O–H groups in total. The summed E-state index contributed by atoms with van der Waals surface area (Å²) in [5.74, 6) is -1.91. The zero-order valence-electron chi connectivity index (χ0n) is 12.9. The number of hydrogen-bond donors (Lipinski definition) is 1. The molecular formula is C16H22O5. The predicted molar refractivity (Wildman–Crippen MR) is 77.7 cm³/mol. The molecule has 0 aromatic heterocycles. The average molecular weight is 294 g/mol. The Morgan fingerprint density at radius 2 is 2.00 bits per heavy atom. The van der Waals surface area contributed by atoms with Crippen LogP contribution >= 0.6 is 0 Å². The Kier molecular flexibility index (Phi) is 5.47. The molecule has 0 aromatic carbocycles. The van der Waals surface area contributed by atoms with Crippen LogP contribution in [0.5, 0.6) is 0 Å². The molecule has 1 aliphatic rings. The van der Waals surface area contributed by atoms with Crippen LogP contribution in [0.1, 0.15) is 47.0 Å². The second-order valence-electron chi connectivity index (χ2n) is 5.86. The van der Waals surface area contributed by atoms with Gasteiger partial charge < -0.3 is 9.84 Å². The average Bonchev–Trinajstić information content (AvgIpc) is 2.38. The number of carboxylic acid groups (broad SMARTS) is 1. The van der Waals surface area contributed by atoms with Gasteiger partial charge >= 0.3 is 11.9 Å². The van der Waals surface area contributed by atoms with Crippen LogP contribution in [0.25, 0.3) is 0 Å². The summed E-state index contributed by atoms with van der Waals surface area (Å²) in [6.07, 6.45) is 2.87. The fourth-order valence-electron chi connectivity index (χ4n) is 2.59. The van der Waals surface area contributed by atoms with Gasteiger partial charge in [-0.3, -0.25) is 14.4 Å². The van der Waals surface area contributed by atoms with Crippen molar-refractivity contribution in [3.05, 3.63) is 23.3 Å². The minimum Gasteiger partial charge on any atom is -0.481 e. The summed E-state index contributed by atoms with van der Waals surface area (Å²) >= 11 is 0. The van der Waals surface area contributed by atoms with E-state index < -0.39 is 18.0 Å². The summed E-state index contributed by atoms with van der Waals surface area (Å²) in [7, 11) is 0. The van der Waals surface area contributed by atoms with Crippen molar-refractivity contribution >= 4 is 17.7 Å². The number of carboxylic acids is 1. The first-order chi connectivity index (χ1) is 9.69. The van der Waals surface area contributed by atoms with Crippen molar-refractivity contribution in [2.24, 2.45) is 5.41 Å². The fourth-order valence-corrected chi connectivity index (χ4v) is 2.59. The summed E-state index contributed by atoms with van der Waals surface area (Å²) in [5, 5.41) is 8.55. The van der Waals surface area contributed by atoms with Gasteiger partial charge in [0.05, 0.1) is 12.8 Å². The molecule has 0 saturated carbocycles. The van der Waals surface area contributed by atoms with Crippen LogP contribution in [0.4, 0.5) is 0 Å². The van der Waals surface area contributed by atoms with Crippen molar-refractivity contribution in [2.45, 2.75) is 53.1 Å². The lowest BCUT2D eigenvalue weighted by Gasteiger charge is -2.36. The van der Waals surface area contributed by atoms with Crippen molar-refractivity contribution in [2.75, 3.05) is 0 Å². The number of ketones is 1. The van der Waals surface area contributed by atoms with Crippen LogP contribution in [0, 0.1) is 5.41 Å². The van der Waals surface area contributed by atoms with Crippen molar-refractivity contribution in [1.82, 2.24) is 0 Å². The van der Waals surface area contributed by atoms with Crippen molar-refractivity contribution in [3.63, 3.8) is 0 Å². The Morgan fingerprint density at radius 3 is 2.52 bits per heavy atom. The highest BCUT2D eigenvalue weighted by Crippen LogP contribution is 2.40. The Labute approximate surface area is 124 Å². The summed E-state index contributed by atoms with van der Waals surface area (Å²) in [6.45, 7) is 7.61. The van der Waals surface area contributed by atoms with Gasteiger partial charge in [0.1, 0.15) is 0 Å². The number of hydrogen-bond acceptors (Lipinski definition) is 4. The first-order valence-corrected chi connectivity index (χ1v) is 6.98. The molecule has 5 heteroatoms. The molecule has 1 aliphatic carbocycles. The molecule has 0 saturated heterocycles. The van der Waals surface area contributed by atoms with E-state index in [1.165, 1.54) is 0 Å². The van der Waals surface area contributed by atoms with E-state index in [0.29, 0.717) is 12.0 Å². The standard InChI is InChI=1S/C16H22O5/c1-5-6-11-10(2)15(20)12(9-16(11,3)4)21-14(19)8-7-13(17)18/h5-6,12H,7-9H2,1-4H3,(H,17,18). The monoisotopic (exact) mass is 294 g/mol. The molecule has 0 heterocycles. The van der Waals surface area contributed by atoms with Crippen LogP contribution in [0.15, 0.2) is 23.3 Å². The molecule has 0 amide bonds. The van der Waals surface area contributed by atoms with Gasteiger partial charge in [0, 0.05) is 6.42 Å².